The molecule has 4 rings (SSSR count). The van der Waals surface area contributed by atoms with Crippen LogP contribution in [0.1, 0.15) is 12.8 Å². The Hall–Kier alpha value is -1.89. The van der Waals surface area contributed by atoms with Crippen LogP contribution in [-0.4, -0.2) is 59.8 Å². The average Bonchev–Trinajstić information content (AvgIpc) is 3.51. The van der Waals surface area contributed by atoms with E-state index in [1.165, 1.54) is 12.8 Å². The average molecular weight is 406 g/mol. The smallest absolute Gasteiger partial charge is 0.236 e. The first-order valence-electron chi connectivity index (χ1n) is 9.15. The van der Waals surface area contributed by atoms with E-state index in [1.54, 1.807) is 12.1 Å². The van der Waals surface area contributed by atoms with Crippen molar-refractivity contribution in [2.45, 2.75) is 18.9 Å². The molecule has 27 heavy (non-hydrogen) atoms. The summed E-state index contributed by atoms with van der Waals surface area (Å²) >= 11 is 12.2. The lowest BCUT2D eigenvalue weighted by Gasteiger charge is -2.35. The van der Waals surface area contributed by atoms with Gasteiger partial charge in [0.15, 0.2) is 5.82 Å². The summed E-state index contributed by atoms with van der Waals surface area (Å²) in [6, 6.07) is 9.73. The van der Waals surface area contributed by atoms with Crippen LogP contribution in [0.25, 0.3) is 11.3 Å². The summed E-state index contributed by atoms with van der Waals surface area (Å²) in [6.07, 6.45) is 2.38. The topological polar surface area (TPSA) is 61.4 Å². The minimum Gasteiger partial charge on any atom is -0.352 e. The van der Waals surface area contributed by atoms with Gasteiger partial charge in [-0.15, -0.1) is 10.2 Å². The molecule has 0 spiro atoms. The third kappa shape index (κ3) is 4.51. The largest absolute Gasteiger partial charge is 0.352 e. The first kappa shape index (κ1) is 18.5. The molecule has 2 heterocycles. The molecule has 0 radical (unpaired) electrons. The van der Waals surface area contributed by atoms with Crippen LogP contribution < -0.4 is 10.2 Å². The number of hydrogen-bond donors (Lipinski definition) is 1. The fourth-order valence-electron chi connectivity index (χ4n) is 3.15. The second-order valence-corrected chi connectivity index (χ2v) is 7.77. The lowest BCUT2D eigenvalue weighted by Crippen LogP contribution is -2.51. The molecule has 1 aromatic heterocycles. The molecule has 2 aliphatic rings. The number of benzene rings is 1. The molecule has 2 aromatic rings. The van der Waals surface area contributed by atoms with Gasteiger partial charge in [0.25, 0.3) is 0 Å². The fourth-order valence-corrected chi connectivity index (χ4v) is 3.66. The fraction of sp³-hybridized carbons (Fsp3) is 0.421. The van der Waals surface area contributed by atoms with Crippen molar-refractivity contribution >= 4 is 34.9 Å². The first-order chi connectivity index (χ1) is 13.1. The molecule has 0 bridgehead atoms. The number of anilines is 1. The molecule has 2 fully saturated rings. The number of carbonyl (C=O) groups excluding carboxylic acids is 1. The summed E-state index contributed by atoms with van der Waals surface area (Å²) in [6.45, 7) is 3.37. The zero-order valence-electron chi connectivity index (χ0n) is 14.9. The van der Waals surface area contributed by atoms with Crippen LogP contribution in [-0.2, 0) is 4.79 Å². The normalized spacial score (nSPS) is 17.3. The van der Waals surface area contributed by atoms with Crippen molar-refractivity contribution in [1.82, 2.24) is 20.4 Å². The maximum atomic E-state index is 12.2. The van der Waals surface area contributed by atoms with Crippen molar-refractivity contribution in [3.05, 3.63) is 40.4 Å². The number of hydrogen-bond acceptors (Lipinski definition) is 5. The van der Waals surface area contributed by atoms with Crippen LogP contribution in [0.3, 0.4) is 0 Å². The molecule has 0 atom stereocenters. The van der Waals surface area contributed by atoms with Gasteiger partial charge in [-0.25, -0.2) is 0 Å². The second-order valence-electron chi connectivity index (χ2n) is 6.92. The van der Waals surface area contributed by atoms with Crippen LogP contribution in [0, 0.1) is 0 Å². The molecule has 142 valence electrons. The molecule has 1 aliphatic carbocycles. The second kappa shape index (κ2) is 8.00. The van der Waals surface area contributed by atoms with Gasteiger partial charge in [0.2, 0.25) is 5.91 Å². The number of aromatic nitrogens is 2. The Morgan fingerprint density at radius 1 is 1.07 bits per heavy atom. The number of piperazine rings is 1. The quantitative estimate of drug-likeness (QED) is 0.828. The lowest BCUT2D eigenvalue weighted by molar-refractivity contribution is -0.130. The summed E-state index contributed by atoms with van der Waals surface area (Å²) in [5, 5.41) is 13.1. The van der Waals surface area contributed by atoms with E-state index < -0.39 is 0 Å². The molecule has 1 saturated carbocycles. The van der Waals surface area contributed by atoms with Crippen molar-refractivity contribution in [3.63, 3.8) is 0 Å². The number of carbonyl (C=O) groups is 1. The Morgan fingerprint density at radius 2 is 1.85 bits per heavy atom. The van der Waals surface area contributed by atoms with Crippen molar-refractivity contribution in [2.75, 3.05) is 37.6 Å². The number of rotatable bonds is 5. The van der Waals surface area contributed by atoms with Crippen LogP contribution in [0.2, 0.25) is 10.0 Å². The van der Waals surface area contributed by atoms with Gasteiger partial charge in [0.1, 0.15) is 0 Å². The molecule has 1 amide bonds. The van der Waals surface area contributed by atoms with Gasteiger partial charge in [-0.05, 0) is 43.2 Å². The van der Waals surface area contributed by atoms with E-state index in [4.69, 9.17) is 23.2 Å². The number of nitrogens with one attached hydrogen (secondary N) is 1. The molecule has 1 aliphatic heterocycles. The van der Waals surface area contributed by atoms with E-state index in [0.717, 1.165) is 24.5 Å². The van der Waals surface area contributed by atoms with Crippen molar-refractivity contribution in [2.24, 2.45) is 0 Å². The SMILES string of the molecule is O=C(CNC1CC1)N1CCN(c2ccc(-c3ccc(Cl)cc3Cl)nn2)CC1. The third-order valence-corrected chi connectivity index (χ3v) is 5.48. The van der Waals surface area contributed by atoms with Crippen molar-refractivity contribution in [3.8, 4) is 11.3 Å². The highest BCUT2D eigenvalue weighted by Crippen LogP contribution is 2.29. The molecule has 0 unspecified atom stereocenters. The van der Waals surface area contributed by atoms with Crippen molar-refractivity contribution in [1.29, 1.82) is 0 Å². The van der Waals surface area contributed by atoms with E-state index >= 15 is 0 Å². The van der Waals surface area contributed by atoms with E-state index in [9.17, 15) is 4.79 Å². The monoisotopic (exact) mass is 405 g/mol. The minimum atomic E-state index is 0.181. The van der Waals surface area contributed by atoms with Crippen LogP contribution >= 0.6 is 23.2 Å². The van der Waals surface area contributed by atoms with Crippen molar-refractivity contribution < 1.29 is 4.79 Å². The highest BCUT2D eigenvalue weighted by atomic mass is 35.5. The lowest BCUT2D eigenvalue weighted by atomic mass is 10.1. The Labute approximate surface area is 168 Å². The molecule has 8 heteroatoms. The van der Waals surface area contributed by atoms with E-state index in [0.29, 0.717) is 41.4 Å². The van der Waals surface area contributed by atoms with Crippen LogP contribution in [0.4, 0.5) is 5.82 Å². The molecular weight excluding hydrogens is 385 g/mol. The Bertz CT molecular complexity index is 817. The summed E-state index contributed by atoms with van der Waals surface area (Å²) in [4.78, 5) is 16.3. The summed E-state index contributed by atoms with van der Waals surface area (Å²) in [5.41, 5.74) is 1.51. The molecule has 1 saturated heterocycles. The minimum absolute atomic E-state index is 0.181. The van der Waals surface area contributed by atoms with Gasteiger partial charge in [0, 0.05) is 42.8 Å². The highest BCUT2D eigenvalue weighted by Gasteiger charge is 2.25. The predicted octanol–water partition coefficient (Wildman–Crippen LogP) is 2.85. The third-order valence-electron chi connectivity index (χ3n) is 4.93. The highest BCUT2D eigenvalue weighted by molar-refractivity contribution is 6.36. The van der Waals surface area contributed by atoms with Gasteiger partial charge in [-0.3, -0.25) is 4.79 Å². The summed E-state index contributed by atoms with van der Waals surface area (Å²) in [5.74, 6) is 0.993. The molecular formula is C19H21Cl2N5O. The number of amides is 1. The molecule has 1 N–H and O–H groups in total. The number of halogens is 2. The van der Waals surface area contributed by atoms with Gasteiger partial charge < -0.3 is 15.1 Å². The van der Waals surface area contributed by atoms with Gasteiger partial charge in [-0.1, -0.05) is 23.2 Å². The zero-order chi connectivity index (χ0) is 18.8. The van der Waals surface area contributed by atoms with E-state index in [1.807, 2.05) is 23.1 Å². The maximum absolute atomic E-state index is 12.2. The summed E-state index contributed by atoms with van der Waals surface area (Å²) < 4.78 is 0. The van der Waals surface area contributed by atoms with E-state index in [2.05, 4.69) is 20.4 Å². The molecule has 6 nitrogen and oxygen atoms in total. The maximum Gasteiger partial charge on any atom is 0.236 e. The van der Waals surface area contributed by atoms with Gasteiger partial charge >= 0.3 is 0 Å². The molecule has 1 aromatic carbocycles. The van der Waals surface area contributed by atoms with Gasteiger partial charge in [0.05, 0.1) is 17.3 Å². The van der Waals surface area contributed by atoms with E-state index in [-0.39, 0.29) is 5.91 Å². The standard InChI is InChI=1S/C19H21Cl2N5O/c20-13-1-4-15(16(21)11-13)17-5-6-18(24-23-17)25-7-9-26(10-8-25)19(27)12-22-14-2-3-14/h1,4-6,11,14,22H,2-3,7-10,12H2. The first-order valence-corrected chi connectivity index (χ1v) is 9.91. The summed E-state index contributed by atoms with van der Waals surface area (Å²) in [7, 11) is 0. The number of nitrogens with zero attached hydrogens (tertiary/aromatic N) is 4. The van der Waals surface area contributed by atoms with Crippen LogP contribution in [0.15, 0.2) is 30.3 Å². The Morgan fingerprint density at radius 3 is 2.48 bits per heavy atom. The Kier molecular flexibility index (Phi) is 5.48. The zero-order valence-corrected chi connectivity index (χ0v) is 16.4. The predicted molar refractivity (Wildman–Crippen MR) is 107 cm³/mol. The Balaban J connectivity index is 1.35. The van der Waals surface area contributed by atoms with Crippen LogP contribution in [0.5, 0.6) is 0 Å². The van der Waals surface area contributed by atoms with Gasteiger partial charge in [-0.2, -0.15) is 0 Å².